The second-order valence-corrected chi connectivity index (χ2v) is 6.30. The fourth-order valence-electron chi connectivity index (χ4n) is 2.95. The second kappa shape index (κ2) is 7.23. The van der Waals surface area contributed by atoms with E-state index in [2.05, 4.69) is 25.6 Å². The number of hydrogen-bond donors (Lipinski definition) is 2. The first-order valence-electron chi connectivity index (χ1n) is 8.58. The first-order chi connectivity index (χ1) is 13.1. The number of rotatable bonds is 5. The summed E-state index contributed by atoms with van der Waals surface area (Å²) in [5.74, 6) is -1.04. The number of amides is 1. The quantitative estimate of drug-likeness (QED) is 0.683. The number of nitrogens with one attached hydrogen (secondary N) is 2. The minimum absolute atomic E-state index is 0.00765. The zero-order valence-electron chi connectivity index (χ0n) is 14.3. The van der Waals surface area contributed by atoms with Gasteiger partial charge in [0.25, 0.3) is 11.5 Å². The zero-order valence-corrected chi connectivity index (χ0v) is 14.3. The first-order valence-corrected chi connectivity index (χ1v) is 8.58. The van der Waals surface area contributed by atoms with E-state index >= 15 is 0 Å². The Morgan fingerprint density at radius 1 is 1.37 bits per heavy atom. The number of halogens is 1. The van der Waals surface area contributed by atoms with E-state index in [1.807, 2.05) is 0 Å². The lowest BCUT2D eigenvalue weighted by Crippen LogP contribution is -2.28. The van der Waals surface area contributed by atoms with Gasteiger partial charge in [0.2, 0.25) is 5.82 Å². The van der Waals surface area contributed by atoms with Crippen molar-refractivity contribution < 1.29 is 13.9 Å². The summed E-state index contributed by atoms with van der Waals surface area (Å²) in [6, 6.07) is 5.75. The summed E-state index contributed by atoms with van der Waals surface area (Å²) >= 11 is 0. The Hall–Kier alpha value is -3.14. The lowest BCUT2D eigenvalue weighted by Gasteiger charge is -2.09. The fraction of sp³-hybridized carbons (Fsp3) is 0.353. The van der Waals surface area contributed by atoms with Gasteiger partial charge in [-0.05, 0) is 30.5 Å². The lowest BCUT2D eigenvalue weighted by atomic mass is 10.2. The number of carbonyl (C=O) groups excluding carboxylic acids is 1. The van der Waals surface area contributed by atoms with Crippen molar-refractivity contribution in [3.8, 4) is 0 Å². The Kier molecular flexibility index (Phi) is 4.63. The molecule has 2 aromatic heterocycles. The summed E-state index contributed by atoms with van der Waals surface area (Å²) in [5.41, 5.74) is 0.494. The van der Waals surface area contributed by atoms with E-state index in [1.54, 1.807) is 12.1 Å². The molecule has 1 atom stereocenters. The molecule has 2 N–H and O–H groups in total. The van der Waals surface area contributed by atoms with E-state index in [9.17, 15) is 14.0 Å². The third-order valence-electron chi connectivity index (χ3n) is 4.36. The molecule has 9 nitrogen and oxygen atoms in total. The van der Waals surface area contributed by atoms with Crippen LogP contribution < -0.4 is 10.9 Å². The maximum absolute atomic E-state index is 12.9. The third kappa shape index (κ3) is 3.70. The molecule has 1 aromatic carbocycles. The molecule has 140 valence electrons. The molecule has 10 heteroatoms. The van der Waals surface area contributed by atoms with Crippen molar-refractivity contribution in [3.63, 3.8) is 0 Å². The van der Waals surface area contributed by atoms with Crippen LogP contribution in [0.1, 0.15) is 29.0 Å². The highest BCUT2D eigenvalue weighted by molar-refractivity contribution is 5.91. The second-order valence-electron chi connectivity index (χ2n) is 6.30. The van der Waals surface area contributed by atoms with Crippen molar-refractivity contribution in [1.82, 2.24) is 30.3 Å². The van der Waals surface area contributed by atoms with Gasteiger partial charge in [0.15, 0.2) is 11.2 Å². The summed E-state index contributed by atoms with van der Waals surface area (Å²) in [4.78, 5) is 31.2. The molecule has 27 heavy (non-hydrogen) atoms. The highest BCUT2D eigenvalue weighted by Crippen LogP contribution is 2.15. The minimum Gasteiger partial charge on any atom is -0.376 e. The Morgan fingerprint density at radius 2 is 2.19 bits per heavy atom. The third-order valence-corrected chi connectivity index (χ3v) is 4.36. The summed E-state index contributed by atoms with van der Waals surface area (Å²) in [5, 5.41) is 10.4. The summed E-state index contributed by atoms with van der Waals surface area (Å²) in [7, 11) is 0. The van der Waals surface area contributed by atoms with Gasteiger partial charge in [0.1, 0.15) is 5.82 Å². The van der Waals surface area contributed by atoms with Crippen LogP contribution in [0, 0.1) is 5.82 Å². The van der Waals surface area contributed by atoms with Crippen LogP contribution in [-0.4, -0.2) is 43.6 Å². The average molecular weight is 372 g/mol. The molecule has 1 aliphatic heterocycles. The molecule has 0 aliphatic carbocycles. The largest absolute Gasteiger partial charge is 0.376 e. The van der Waals surface area contributed by atoms with Crippen LogP contribution in [0.3, 0.4) is 0 Å². The average Bonchev–Trinajstić information content (AvgIpc) is 3.32. The van der Waals surface area contributed by atoms with E-state index < -0.39 is 11.5 Å². The Balaban J connectivity index is 1.54. The van der Waals surface area contributed by atoms with Crippen molar-refractivity contribution >= 4 is 17.1 Å². The summed E-state index contributed by atoms with van der Waals surface area (Å²) in [6.45, 7) is 1.29. The summed E-state index contributed by atoms with van der Waals surface area (Å²) < 4.78 is 20.0. The number of H-pyrrole nitrogens is 1. The molecule has 0 spiro atoms. The van der Waals surface area contributed by atoms with Gasteiger partial charge < -0.3 is 15.0 Å². The molecule has 1 amide bonds. The Bertz CT molecular complexity index is 1020. The van der Waals surface area contributed by atoms with Crippen molar-refractivity contribution in [3.05, 3.63) is 51.8 Å². The molecule has 1 fully saturated rings. The molecule has 0 unspecified atom stereocenters. The molecule has 0 radical (unpaired) electrons. The molecule has 4 rings (SSSR count). The van der Waals surface area contributed by atoms with E-state index in [4.69, 9.17) is 4.74 Å². The standard InChI is InChI=1S/C17H17FN6O3/c18-11-5-3-10(4-6-11)8-19-17(26)14-20-15-13(16(25)21-14)22-23-24(15)9-12-2-1-7-27-12/h3-6,12H,1-2,7-9H2,(H,19,26)(H,20,21,25)/t12-/m1/s1. The SMILES string of the molecule is O=C(NCc1ccc(F)cc1)c1nc2c(nnn2C[C@H]2CCCO2)c(=O)[nH]1. The van der Waals surface area contributed by atoms with Gasteiger partial charge >= 0.3 is 0 Å². The predicted molar refractivity (Wildman–Crippen MR) is 92.5 cm³/mol. The monoisotopic (exact) mass is 372 g/mol. The van der Waals surface area contributed by atoms with Crippen LogP contribution in [0.4, 0.5) is 4.39 Å². The molecule has 3 heterocycles. The predicted octanol–water partition coefficient (Wildman–Crippen LogP) is 0.763. The lowest BCUT2D eigenvalue weighted by molar-refractivity contribution is 0.0938. The number of aromatic nitrogens is 5. The Morgan fingerprint density at radius 3 is 2.93 bits per heavy atom. The maximum atomic E-state index is 12.9. The molecule has 0 bridgehead atoms. The number of fused-ring (bicyclic) bond motifs is 1. The Labute approximate surface area is 152 Å². The molecular weight excluding hydrogens is 355 g/mol. The van der Waals surface area contributed by atoms with Crippen LogP contribution >= 0.6 is 0 Å². The number of benzene rings is 1. The first kappa shape index (κ1) is 17.3. The molecule has 1 aliphatic rings. The highest BCUT2D eigenvalue weighted by atomic mass is 19.1. The molecular formula is C17H17FN6O3. The van der Waals surface area contributed by atoms with Gasteiger partial charge in [0.05, 0.1) is 12.6 Å². The fourth-order valence-corrected chi connectivity index (χ4v) is 2.95. The van der Waals surface area contributed by atoms with Crippen LogP contribution in [0.5, 0.6) is 0 Å². The number of nitrogens with zero attached hydrogens (tertiary/aromatic N) is 4. The van der Waals surface area contributed by atoms with Crippen LogP contribution in [0.2, 0.25) is 0 Å². The van der Waals surface area contributed by atoms with Crippen molar-refractivity contribution in [2.75, 3.05) is 6.61 Å². The van der Waals surface area contributed by atoms with E-state index in [-0.39, 0.29) is 35.5 Å². The summed E-state index contributed by atoms with van der Waals surface area (Å²) in [6.07, 6.45) is 1.87. The van der Waals surface area contributed by atoms with Gasteiger partial charge in [-0.15, -0.1) is 5.10 Å². The maximum Gasteiger partial charge on any atom is 0.287 e. The molecule has 3 aromatic rings. The number of carbonyl (C=O) groups is 1. The van der Waals surface area contributed by atoms with E-state index in [0.29, 0.717) is 13.2 Å². The van der Waals surface area contributed by atoms with Gasteiger partial charge in [-0.2, -0.15) is 0 Å². The van der Waals surface area contributed by atoms with Crippen LogP contribution in [0.15, 0.2) is 29.1 Å². The van der Waals surface area contributed by atoms with Crippen molar-refractivity contribution in [2.24, 2.45) is 0 Å². The van der Waals surface area contributed by atoms with Gasteiger partial charge in [0, 0.05) is 13.2 Å². The smallest absolute Gasteiger partial charge is 0.287 e. The van der Waals surface area contributed by atoms with Gasteiger partial charge in [-0.3, -0.25) is 9.59 Å². The molecule has 0 saturated carbocycles. The van der Waals surface area contributed by atoms with Crippen molar-refractivity contribution in [1.29, 1.82) is 0 Å². The van der Waals surface area contributed by atoms with Crippen molar-refractivity contribution in [2.45, 2.75) is 32.0 Å². The van der Waals surface area contributed by atoms with Gasteiger partial charge in [-0.25, -0.2) is 14.1 Å². The minimum atomic E-state index is -0.553. The van der Waals surface area contributed by atoms with Crippen LogP contribution in [0.25, 0.3) is 11.2 Å². The van der Waals surface area contributed by atoms with Gasteiger partial charge in [-0.1, -0.05) is 17.3 Å². The highest BCUT2D eigenvalue weighted by Gasteiger charge is 2.21. The normalized spacial score (nSPS) is 16.7. The van der Waals surface area contributed by atoms with E-state index in [1.165, 1.54) is 16.8 Å². The number of aromatic amines is 1. The number of hydrogen-bond acceptors (Lipinski definition) is 6. The number of ether oxygens (including phenoxy) is 1. The van der Waals surface area contributed by atoms with Crippen LogP contribution in [-0.2, 0) is 17.8 Å². The molecule has 1 saturated heterocycles. The topological polar surface area (TPSA) is 115 Å². The van der Waals surface area contributed by atoms with E-state index in [0.717, 1.165) is 18.4 Å². The zero-order chi connectivity index (χ0) is 18.8.